The lowest BCUT2D eigenvalue weighted by molar-refractivity contribution is 0.157. The van der Waals surface area contributed by atoms with Gasteiger partial charge in [0.2, 0.25) is 10.0 Å². The van der Waals surface area contributed by atoms with Gasteiger partial charge < -0.3 is 10.1 Å². The Labute approximate surface area is 132 Å². The molecular formula is C14H26N2O3S2. The lowest BCUT2D eigenvalue weighted by atomic mass is 10.1. The maximum absolute atomic E-state index is 12.6. The molecule has 21 heavy (non-hydrogen) atoms. The van der Waals surface area contributed by atoms with E-state index in [1.165, 1.54) is 11.3 Å². The van der Waals surface area contributed by atoms with Crippen LogP contribution in [0.25, 0.3) is 0 Å². The molecule has 1 aromatic rings. The average molecular weight is 335 g/mol. The molecule has 0 radical (unpaired) electrons. The van der Waals surface area contributed by atoms with Crippen molar-refractivity contribution in [3.63, 3.8) is 0 Å². The molecule has 1 heterocycles. The summed E-state index contributed by atoms with van der Waals surface area (Å²) in [6.45, 7) is 8.94. The summed E-state index contributed by atoms with van der Waals surface area (Å²) in [6, 6.07) is 1.74. The lowest BCUT2D eigenvalue weighted by Gasteiger charge is -2.21. The number of hydrogen-bond donors (Lipinski definition) is 2. The molecule has 1 atom stereocenters. The molecule has 0 saturated carbocycles. The van der Waals surface area contributed by atoms with E-state index in [1.54, 1.807) is 13.2 Å². The minimum absolute atomic E-state index is 0.163. The van der Waals surface area contributed by atoms with Gasteiger partial charge in [0.05, 0.1) is 11.5 Å². The van der Waals surface area contributed by atoms with Gasteiger partial charge in [0.25, 0.3) is 0 Å². The van der Waals surface area contributed by atoms with Crippen LogP contribution in [0.2, 0.25) is 0 Å². The summed E-state index contributed by atoms with van der Waals surface area (Å²) in [4.78, 5) is 1.19. The predicted molar refractivity (Wildman–Crippen MR) is 87.1 cm³/mol. The second kappa shape index (κ2) is 8.24. The van der Waals surface area contributed by atoms with Gasteiger partial charge in [-0.1, -0.05) is 27.7 Å². The van der Waals surface area contributed by atoms with Gasteiger partial charge in [0.1, 0.15) is 0 Å². The maximum atomic E-state index is 12.6. The molecule has 7 heteroatoms. The molecule has 122 valence electrons. The van der Waals surface area contributed by atoms with E-state index < -0.39 is 10.0 Å². The van der Waals surface area contributed by atoms with Gasteiger partial charge in [-0.05, 0) is 17.4 Å². The van der Waals surface area contributed by atoms with Crippen molar-refractivity contribution < 1.29 is 13.2 Å². The van der Waals surface area contributed by atoms with Crippen molar-refractivity contribution in [2.24, 2.45) is 5.92 Å². The molecule has 2 N–H and O–H groups in total. The molecule has 0 aromatic carbocycles. The third-order valence-electron chi connectivity index (χ3n) is 3.12. The Hall–Kier alpha value is -0.470. The number of methoxy groups -OCH3 is 1. The van der Waals surface area contributed by atoms with E-state index in [0.29, 0.717) is 24.1 Å². The Morgan fingerprint density at radius 3 is 2.48 bits per heavy atom. The lowest BCUT2D eigenvalue weighted by Crippen LogP contribution is -2.41. The van der Waals surface area contributed by atoms with E-state index in [0.717, 1.165) is 4.88 Å². The highest BCUT2D eigenvalue weighted by Crippen LogP contribution is 2.22. The Morgan fingerprint density at radius 2 is 1.95 bits per heavy atom. The normalized spacial score (nSPS) is 14.0. The first kappa shape index (κ1) is 18.6. The molecule has 5 nitrogen and oxygen atoms in total. The fourth-order valence-electron chi connectivity index (χ4n) is 1.80. The smallest absolute Gasteiger partial charge is 0.242 e. The van der Waals surface area contributed by atoms with Crippen LogP contribution >= 0.6 is 11.3 Å². The van der Waals surface area contributed by atoms with E-state index >= 15 is 0 Å². The molecule has 1 rings (SSSR count). The van der Waals surface area contributed by atoms with Crippen molar-refractivity contribution in [1.29, 1.82) is 0 Å². The molecule has 0 bridgehead atoms. The van der Waals surface area contributed by atoms with E-state index in [1.807, 2.05) is 33.1 Å². The molecule has 0 saturated heterocycles. The summed E-state index contributed by atoms with van der Waals surface area (Å²) >= 11 is 1.45. The Morgan fingerprint density at radius 1 is 1.29 bits per heavy atom. The van der Waals surface area contributed by atoms with E-state index in [4.69, 9.17) is 4.74 Å². The third-order valence-corrected chi connectivity index (χ3v) is 5.75. The zero-order valence-electron chi connectivity index (χ0n) is 13.3. The third kappa shape index (κ3) is 5.67. The topological polar surface area (TPSA) is 67.4 Å². The van der Waals surface area contributed by atoms with Crippen LogP contribution in [-0.2, 0) is 21.3 Å². The summed E-state index contributed by atoms with van der Waals surface area (Å²) in [5.41, 5.74) is 0. The van der Waals surface area contributed by atoms with Crippen molar-refractivity contribution in [3.8, 4) is 0 Å². The second-order valence-corrected chi connectivity index (χ2v) is 8.35. The SMILES string of the molecule is COCC(NS(=O)(=O)c1ccsc1CNC(C)C)C(C)C. The first-order chi connectivity index (χ1) is 9.77. The van der Waals surface area contributed by atoms with Gasteiger partial charge in [0, 0.05) is 30.6 Å². The summed E-state index contributed by atoms with van der Waals surface area (Å²) in [7, 11) is -1.95. The monoisotopic (exact) mass is 334 g/mol. The van der Waals surface area contributed by atoms with Crippen molar-refractivity contribution in [3.05, 3.63) is 16.3 Å². The summed E-state index contributed by atoms with van der Waals surface area (Å²) in [6.07, 6.45) is 0. The highest BCUT2D eigenvalue weighted by atomic mass is 32.2. The number of hydrogen-bond acceptors (Lipinski definition) is 5. The van der Waals surface area contributed by atoms with Gasteiger partial charge in [-0.3, -0.25) is 0 Å². The largest absolute Gasteiger partial charge is 0.383 e. The van der Waals surface area contributed by atoms with Gasteiger partial charge >= 0.3 is 0 Å². The molecule has 1 unspecified atom stereocenters. The molecular weight excluding hydrogens is 308 g/mol. The Balaban J connectivity index is 2.89. The van der Waals surface area contributed by atoms with Crippen LogP contribution in [0.1, 0.15) is 32.6 Å². The van der Waals surface area contributed by atoms with E-state index in [-0.39, 0.29) is 12.0 Å². The van der Waals surface area contributed by atoms with Crippen LogP contribution in [0.5, 0.6) is 0 Å². The van der Waals surface area contributed by atoms with Crippen molar-refractivity contribution in [2.45, 2.75) is 51.2 Å². The fourth-order valence-corrected chi connectivity index (χ4v) is 4.56. The Bertz CT molecular complexity index is 524. The quantitative estimate of drug-likeness (QED) is 0.726. The second-order valence-electron chi connectivity index (χ2n) is 5.67. The van der Waals surface area contributed by atoms with E-state index in [9.17, 15) is 8.42 Å². The van der Waals surface area contributed by atoms with Crippen LogP contribution in [0, 0.1) is 5.92 Å². The zero-order chi connectivity index (χ0) is 16.0. The first-order valence-corrected chi connectivity index (χ1v) is 9.45. The molecule has 0 fully saturated rings. The number of rotatable bonds is 9. The fraction of sp³-hybridized carbons (Fsp3) is 0.714. The van der Waals surface area contributed by atoms with Crippen molar-refractivity contribution in [2.75, 3.05) is 13.7 Å². The van der Waals surface area contributed by atoms with Crippen molar-refractivity contribution >= 4 is 21.4 Å². The van der Waals surface area contributed by atoms with Gasteiger partial charge in [0.15, 0.2) is 0 Å². The average Bonchev–Trinajstić information content (AvgIpc) is 2.84. The maximum Gasteiger partial charge on any atom is 0.242 e. The predicted octanol–water partition coefficient (Wildman–Crippen LogP) is 2.20. The minimum Gasteiger partial charge on any atom is -0.383 e. The molecule has 0 aliphatic carbocycles. The number of nitrogens with one attached hydrogen (secondary N) is 2. The molecule has 0 aliphatic heterocycles. The van der Waals surface area contributed by atoms with Gasteiger partial charge in [-0.2, -0.15) is 0 Å². The van der Waals surface area contributed by atoms with Crippen molar-refractivity contribution in [1.82, 2.24) is 10.0 Å². The number of thiophene rings is 1. The molecule has 0 amide bonds. The van der Waals surface area contributed by atoms with Crippen LogP contribution in [0.15, 0.2) is 16.3 Å². The van der Waals surface area contributed by atoms with Gasteiger partial charge in [-0.15, -0.1) is 11.3 Å². The number of ether oxygens (including phenoxy) is 1. The molecule has 0 aliphatic rings. The summed E-state index contributed by atoms with van der Waals surface area (Å²) in [5.74, 6) is 0.163. The van der Waals surface area contributed by atoms with Crippen LogP contribution in [0.3, 0.4) is 0 Å². The highest BCUT2D eigenvalue weighted by molar-refractivity contribution is 7.89. The van der Waals surface area contributed by atoms with Crippen LogP contribution in [0.4, 0.5) is 0 Å². The zero-order valence-corrected chi connectivity index (χ0v) is 15.0. The molecule has 0 spiro atoms. The highest BCUT2D eigenvalue weighted by Gasteiger charge is 2.25. The Kier molecular flexibility index (Phi) is 7.29. The van der Waals surface area contributed by atoms with Crippen LogP contribution in [-0.4, -0.2) is 34.2 Å². The minimum atomic E-state index is -3.52. The standard InChI is InChI=1S/C14H26N2O3S2/c1-10(2)12(9-19-5)16-21(17,18)14-6-7-20-13(14)8-15-11(3)4/h6-7,10-12,15-16H,8-9H2,1-5H3. The van der Waals surface area contributed by atoms with Gasteiger partial charge in [-0.25, -0.2) is 13.1 Å². The van der Waals surface area contributed by atoms with Crippen LogP contribution < -0.4 is 10.0 Å². The van der Waals surface area contributed by atoms with E-state index in [2.05, 4.69) is 10.0 Å². The number of sulfonamides is 1. The summed E-state index contributed by atoms with van der Waals surface area (Å²) < 4.78 is 33.0. The first-order valence-electron chi connectivity index (χ1n) is 7.09. The molecule has 1 aromatic heterocycles. The summed E-state index contributed by atoms with van der Waals surface area (Å²) in [5, 5.41) is 5.07.